The highest BCUT2D eigenvalue weighted by Crippen LogP contribution is 2.29. The Morgan fingerprint density at radius 3 is 2.50 bits per heavy atom. The Morgan fingerprint density at radius 2 is 2.00 bits per heavy atom. The fourth-order valence-corrected chi connectivity index (χ4v) is 4.88. The van der Waals surface area contributed by atoms with Crippen molar-refractivity contribution in [2.75, 3.05) is 10.8 Å². The molecule has 0 aliphatic carbocycles. The molecular weight excluding hydrogens is 340 g/mol. The Bertz CT molecular complexity index is 770. The van der Waals surface area contributed by atoms with Gasteiger partial charge in [0.05, 0.1) is 5.69 Å². The van der Waals surface area contributed by atoms with E-state index in [0.717, 1.165) is 16.9 Å². The van der Waals surface area contributed by atoms with Crippen molar-refractivity contribution in [3.05, 3.63) is 39.9 Å². The molecule has 0 N–H and O–H groups in total. The normalized spacial score (nSPS) is 11.9. The van der Waals surface area contributed by atoms with Crippen molar-refractivity contribution < 1.29 is 8.42 Å². The molecule has 0 unspecified atom stereocenters. The summed E-state index contributed by atoms with van der Waals surface area (Å²) in [5, 5.41) is 2.36. The zero-order valence-electron chi connectivity index (χ0n) is 13.0. The summed E-state index contributed by atoms with van der Waals surface area (Å²) in [4.78, 5) is 4.14. The van der Waals surface area contributed by atoms with Crippen LogP contribution in [-0.4, -0.2) is 19.9 Å². The molecule has 0 aliphatic heterocycles. The van der Waals surface area contributed by atoms with Crippen LogP contribution < -0.4 is 4.31 Å². The number of hydrogen-bond donors (Lipinski definition) is 0. The first-order valence-electron chi connectivity index (χ1n) is 6.93. The molecule has 0 aliphatic rings. The van der Waals surface area contributed by atoms with E-state index >= 15 is 0 Å². The van der Waals surface area contributed by atoms with E-state index in [1.807, 2.05) is 20.8 Å². The quantitative estimate of drug-likeness (QED) is 0.802. The van der Waals surface area contributed by atoms with Crippen LogP contribution >= 0.6 is 22.9 Å². The van der Waals surface area contributed by atoms with Crippen LogP contribution in [0.5, 0.6) is 0 Å². The van der Waals surface area contributed by atoms with E-state index < -0.39 is 10.0 Å². The van der Waals surface area contributed by atoms with Crippen molar-refractivity contribution in [1.82, 2.24) is 4.98 Å². The van der Waals surface area contributed by atoms with Gasteiger partial charge in [-0.3, -0.25) is 4.31 Å². The van der Waals surface area contributed by atoms with Crippen molar-refractivity contribution in [2.24, 2.45) is 5.92 Å². The monoisotopic (exact) mass is 358 g/mol. The molecule has 0 atom stereocenters. The van der Waals surface area contributed by atoms with Crippen molar-refractivity contribution in [3.63, 3.8) is 0 Å². The standard InChI is InChI=1S/C15H19ClN2O2S2/c1-10(2)8-18(13-5-6-14(16)11(3)7-13)22(19,20)15-17-12(4)9-21-15/h5-7,9-10H,8H2,1-4H3. The molecule has 2 aromatic rings. The van der Waals surface area contributed by atoms with Crippen LogP contribution in [0.15, 0.2) is 27.9 Å². The maximum atomic E-state index is 12.9. The fraction of sp³-hybridized carbons (Fsp3) is 0.400. The fourth-order valence-electron chi connectivity index (χ4n) is 2.00. The third-order valence-corrected chi connectivity index (χ3v) is 6.64. The lowest BCUT2D eigenvalue weighted by Gasteiger charge is -2.25. The van der Waals surface area contributed by atoms with E-state index in [0.29, 0.717) is 22.9 Å². The van der Waals surface area contributed by atoms with Crippen LogP contribution in [0.4, 0.5) is 5.69 Å². The number of halogens is 1. The summed E-state index contributed by atoms with van der Waals surface area (Å²) in [7, 11) is -3.66. The Morgan fingerprint density at radius 1 is 1.32 bits per heavy atom. The van der Waals surface area contributed by atoms with Gasteiger partial charge in [-0.2, -0.15) is 8.42 Å². The first-order chi connectivity index (χ1) is 10.2. The number of sulfonamides is 1. The van der Waals surface area contributed by atoms with Gasteiger partial charge < -0.3 is 0 Å². The van der Waals surface area contributed by atoms with Gasteiger partial charge >= 0.3 is 0 Å². The zero-order chi connectivity index (χ0) is 16.5. The molecule has 2 rings (SSSR count). The molecule has 0 spiro atoms. The van der Waals surface area contributed by atoms with Gasteiger partial charge in [0, 0.05) is 22.6 Å². The minimum atomic E-state index is -3.66. The molecule has 1 aromatic carbocycles. The van der Waals surface area contributed by atoms with Crippen LogP contribution in [0, 0.1) is 19.8 Å². The number of anilines is 1. The molecule has 0 amide bonds. The van der Waals surface area contributed by atoms with Gasteiger partial charge in [-0.05, 0) is 43.5 Å². The van der Waals surface area contributed by atoms with E-state index in [2.05, 4.69) is 4.98 Å². The first-order valence-corrected chi connectivity index (χ1v) is 9.62. The van der Waals surface area contributed by atoms with Crippen molar-refractivity contribution in [2.45, 2.75) is 32.0 Å². The smallest absolute Gasteiger partial charge is 0.264 e. The van der Waals surface area contributed by atoms with Gasteiger partial charge in [0.25, 0.3) is 10.0 Å². The van der Waals surface area contributed by atoms with Gasteiger partial charge in [-0.1, -0.05) is 25.4 Å². The highest BCUT2D eigenvalue weighted by Gasteiger charge is 2.28. The lowest BCUT2D eigenvalue weighted by molar-refractivity contribution is 0.577. The number of aromatic nitrogens is 1. The molecule has 0 radical (unpaired) electrons. The molecule has 1 heterocycles. The maximum Gasteiger partial charge on any atom is 0.291 e. The molecule has 0 saturated carbocycles. The Balaban J connectivity index is 2.52. The summed E-state index contributed by atoms with van der Waals surface area (Å²) in [6.07, 6.45) is 0. The van der Waals surface area contributed by atoms with Crippen molar-refractivity contribution in [3.8, 4) is 0 Å². The van der Waals surface area contributed by atoms with Crippen LogP contribution in [-0.2, 0) is 10.0 Å². The van der Waals surface area contributed by atoms with Crippen LogP contribution in [0.25, 0.3) is 0 Å². The summed E-state index contributed by atoms with van der Waals surface area (Å²) in [6.45, 7) is 8.01. The topological polar surface area (TPSA) is 50.3 Å². The second-order valence-electron chi connectivity index (χ2n) is 5.62. The Hall–Kier alpha value is -1.11. The van der Waals surface area contributed by atoms with Gasteiger partial charge in [0.1, 0.15) is 0 Å². The Labute approximate surface area is 140 Å². The first kappa shape index (κ1) is 17.2. The van der Waals surface area contributed by atoms with E-state index in [1.165, 1.54) is 4.31 Å². The highest BCUT2D eigenvalue weighted by atomic mass is 35.5. The molecule has 7 heteroatoms. The molecule has 1 aromatic heterocycles. The van der Waals surface area contributed by atoms with Gasteiger partial charge in [-0.15, -0.1) is 11.3 Å². The van der Waals surface area contributed by atoms with E-state index in [-0.39, 0.29) is 10.3 Å². The molecular formula is C15H19ClN2O2S2. The zero-order valence-corrected chi connectivity index (χ0v) is 15.4. The number of rotatable bonds is 5. The minimum absolute atomic E-state index is 0.123. The lowest BCUT2D eigenvalue weighted by Crippen LogP contribution is -2.34. The molecule has 4 nitrogen and oxygen atoms in total. The minimum Gasteiger partial charge on any atom is -0.264 e. The number of nitrogens with zero attached hydrogens (tertiary/aromatic N) is 2. The number of benzene rings is 1. The van der Waals surface area contributed by atoms with Gasteiger partial charge in [0.15, 0.2) is 0 Å². The van der Waals surface area contributed by atoms with Crippen molar-refractivity contribution >= 4 is 38.6 Å². The molecule has 120 valence electrons. The summed E-state index contributed by atoms with van der Waals surface area (Å²) in [5.41, 5.74) is 2.17. The SMILES string of the molecule is Cc1csc(S(=O)(=O)N(CC(C)C)c2ccc(Cl)c(C)c2)n1. The largest absolute Gasteiger partial charge is 0.291 e. The lowest BCUT2D eigenvalue weighted by atomic mass is 10.2. The second kappa shape index (κ2) is 6.56. The molecule has 22 heavy (non-hydrogen) atoms. The van der Waals surface area contributed by atoms with Crippen LogP contribution in [0.1, 0.15) is 25.1 Å². The van der Waals surface area contributed by atoms with Gasteiger partial charge in [0.2, 0.25) is 4.34 Å². The van der Waals surface area contributed by atoms with Crippen LogP contribution in [0.3, 0.4) is 0 Å². The average molecular weight is 359 g/mol. The summed E-state index contributed by atoms with van der Waals surface area (Å²) in [6, 6.07) is 5.25. The molecule has 0 bridgehead atoms. The number of hydrogen-bond acceptors (Lipinski definition) is 4. The Kier molecular flexibility index (Phi) is 5.14. The highest BCUT2D eigenvalue weighted by molar-refractivity contribution is 7.94. The molecule has 0 saturated heterocycles. The van der Waals surface area contributed by atoms with Crippen LogP contribution in [0.2, 0.25) is 5.02 Å². The van der Waals surface area contributed by atoms with Gasteiger partial charge in [-0.25, -0.2) is 4.98 Å². The third kappa shape index (κ3) is 3.62. The van der Waals surface area contributed by atoms with E-state index in [1.54, 1.807) is 30.5 Å². The molecule has 0 fully saturated rings. The van der Waals surface area contributed by atoms with E-state index in [4.69, 9.17) is 11.6 Å². The predicted octanol–water partition coefficient (Wildman–Crippen LogP) is 4.26. The summed E-state index contributed by atoms with van der Waals surface area (Å²) in [5.74, 6) is 0.187. The number of thiazole rings is 1. The average Bonchev–Trinajstić information content (AvgIpc) is 2.86. The predicted molar refractivity (Wildman–Crippen MR) is 92.4 cm³/mol. The number of aryl methyl sites for hydroxylation is 2. The van der Waals surface area contributed by atoms with Crippen molar-refractivity contribution in [1.29, 1.82) is 0 Å². The van der Waals surface area contributed by atoms with E-state index in [9.17, 15) is 8.42 Å². The second-order valence-corrected chi connectivity index (χ2v) is 8.92. The third-order valence-electron chi connectivity index (χ3n) is 3.07. The summed E-state index contributed by atoms with van der Waals surface area (Å²) >= 11 is 7.19. The maximum absolute atomic E-state index is 12.9. The summed E-state index contributed by atoms with van der Waals surface area (Å²) < 4.78 is 27.4.